The van der Waals surface area contributed by atoms with Crippen molar-refractivity contribution < 1.29 is 14.2 Å². The molecule has 4 heteroatoms. The molecule has 1 aromatic rings. The van der Waals surface area contributed by atoms with Crippen molar-refractivity contribution in [3.63, 3.8) is 0 Å². The maximum Gasteiger partial charge on any atom is 0.176 e. The van der Waals surface area contributed by atoms with E-state index in [4.69, 9.17) is 14.2 Å². The lowest BCUT2D eigenvalue weighted by atomic mass is 9.83. The molecule has 134 valence electrons. The predicted molar refractivity (Wildman–Crippen MR) is 98.8 cm³/mol. The van der Waals surface area contributed by atoms with Gasteiger partial charge in [-0.1, -0.05) is 30.3 Å². The Morgan fingerprint density at radius 1 is 1.15 bits per heavy atom. The number of methoxy groups -OCH3 is 1. The van der Waals surface area contributed by atoms with Crippen LogP contribution in [0.2, 0.25) is 0 Å². The van der Waals surface area contributed by atoms with Gasteiger partial charge in [-0.05, 0) is 37.0 Å². The largest absolute Gasteiger partial charge is 0.454 e. The average Bonchev–Trinajstić information content (AvgIpc) is 3.47. The molecule has 1 aromatic carbocycles. The van der Waals surface area contributed by atoms with Crippen LogP contribution in [0.5, 0.6) is 0 Å². The summed E-state index contributed by atoms with van der Waals surface area (Å²) in [6.45, 7) is 2.16. The fraction of sp³-hybridized carbons (Fsp3) is 0.364. The SMILES string of the molecule is COC1CC1c1ccccc1C1(C)NC=CC2=C1OC1=C(CCC=C1)O2. The van der Waals surface area contributed by atoms with E-state index in [1.54, 1.807) is 7.11 Å². The van der Waals surface area contributed by atoms with E-state index in [1.807, 2.05) is 18.4 Å². The third-order valence-corrected chi connectivity index (χ3v) is 5.75. The first-order chi connectivity index (χ1) is 12.7. The summed E-state index contributed by atoms with van der Waals surface area (Å²) in [7, 11) is 1.79. The number of benzene rings is 1. The van der Waals surface area contributed by atoms with E-state index in [0.29, 0.717) is 12.0 Å². The highest BCUT2D eigenvalue weighted by atomic mass is 16.6. The molecule has 26 heavy (non-hydrogen) atoms. The Bertz CT molecular complexity index is 879. The lowest BCUT2D eigenvalue weighted by molar-refractivity contribution is 0.135. The molecular formula is C22H23NO3. The summed E-state index contributed by atoms with van der Waals surface area (Å²) in [4.78, 5) is 0. The first-order valence-electron chi connectivity index (χ1n) is 9.27. The van der Waals surface area contributed by atoms with Crippen molar-refractivity contribution in [3.05, 3.63) is 82.9 Å². The van der Waals surface area contributed by atoms with Gasteiger partial charge >= 0.3 is 0 Å². The summed E-state index contributed by atoms with van der Waals surface area (Å²) < 4.78 is 18.1. The maximum absolute atomic E-state index is 6.38. The van der Waals surface area contributed by atoms with Crippen LogP contribution in [0, 0.1) is 0 Å². The van der Waals surface area contributed by atoms with Crippen LogP contribution in [0.1, 0.15) is 43.2 Å². The van der Waals surface area contributed by atoms with Crippen molar-refractivity contribution in [3.8, 4) is 0 Å². The molecule has 4 nitrogen and oxygen atoms in total. The van der Waals surface area contributed by atoms with Crippen molar-refractivity contribution in [2.45, 2.75) is 43.7 Å². The monoisotopic (exact) mass is 349 g/mol. The van der Waals surface area contributed by atoms with E-state index in [0.717, 1.165) is 42.3 Å². The predicted octanol–water partition coefficient (Wildman–Crippen LogP) is 4.34. The molecule has 3 unspecified atom stereocenters. The van der Waals surface area contributed by atoms with Crippen LogP contribution in [0.4, 0.5) is 0 Å². The highest BCUT2D eigenvalue weighted by Gasteiger charge is 2.46. The second kappa shape index (κ2) is 5.78. The molecular weight excluding hydrogens is 326 g/mol. The lowest BCUT2D eigenvalue weighted by Crippen LogP contribution is -2.43. The molecule has 2 aliphatic heterocycles. The normalized spacial score (nSPS) is 31.6. The van der Waals surface area contributed by atoms with Gasteiger partial charge in [0.05, 0.1) is 6.10 Å². The van der Waals surface area contributed by atoms with Gasteiger partial charge in [-0.25, -0.2) is 0 Å². The highest BCUT2D eigenvalue weighted by Crippen LogP contribution is 2.49. The molecule has 0 bridgehead atoms. The van der Waals surface area contributed by atoms with Crippen LogP contribution in [0.15, 0.2) is 71.7 Å². The van der Waals surface area contributed by atoms with Gasteiger partial charge in [0.25, 0.3) is 0 Å². The van der Waals surface area contributed by atoms with Gasteiger partial charge in [0.1, 0.15) is 11.3 Å². The summed E-state index contributed by atoms with van der Waals surface area (Å²) in [5, 5.41) is 3.53. The zero-order chi connectivity index (χ0) is 17.7. The molecule has 0 saturated heterocycles. The number of hydrogen-bond acceptors (Lipinski definition) is 4. The minimum Gasteiger partial charge on any atom is -0.454 e. The van der Waals surface area contributed by atoms with Crippen molar-refractivity contribution >= 4 is 0 Å². The molecule has 0 aromatic heterocycles. The molecule has 0 radical (unpaired) electrons. The summed E-state index contributed by atoms with van der Waals surface area (Å²) >= 11 is 0. The zero-order valence-electron chi connectivity index (χ0n) is 15.1. The Morgan fingerprint density at radius 3 is 2.88 bits per heavy atom. The second-order valence-electron chi connectivity index (χ2n) is 7.43. The summed E-state index contributed by atoms with van der Waals surface area (Å²) in [5.41, 5.74) is 2.05. The van der Waals surface area contributed by atoms with Gasteiger partial charge in [0, 0.05) is 31.7 Å². The third kappa shape index (κ3) is 2.32. The van der Waals surface area contributed by atoms with Gasteiger partial charge in [-0.2, -0.15) is 0 Å². The lowest BCUT2D eigenvalue weighted by Gasteiger charge is -2.40. The highest BCUT2D eigenvalue weighted by molar-refractivity contribution is 5.48. The summed E-state index contributed by atoms with van der Waals surface area (Å²) in [6, 6.07) is 8.58. The number of dihydropyridines is 1. The first-order valence-corrected chi connectivity index (χ1v) is 9.27. The van der Waals surface area contributed by atoms with Crippen LogP contribution in [-0.4, -0.2) is 13.2 Å². The standard InChI is InChI=1S/C22H23NO3/c1-22(16-8-4-3-7-14(16)15-13-20(15)24-2)21-19(11-12-23-22)25-17-9-5-6-10-18(17)26-21/h3-4,6-8,10-12,15,20,23H,5,9,13H2,1-2H3. The second-order valence-corrected chi connectivity index (χ2v) is 7.43. The molecule has 5 rings (SSSR count). The van der Waals surface area contributed by atoms with Gasteiger partial charge in [0.15, 0.2) is 17.3 Å². The third-order valence-electron chi connectivity index (χ3n) is 5.75. The van der Waals surface area contributed by atoms with Crippen LogP contribution in [0.3, 0.4) is 0 Å². The molecule has 1 saturated carbocycles. The molecule has 1 N–H and O–H groups in total. The molecule has 4 aliphatic rings. The first kappa shape index (κ1) is 15.8. The van der Waals surface area contributed by atoms with E-state index in [9.17, 15) is 0 Å². The molecule has 3 atom stereocenters. The number of hydrogen-bond donors (Lipinski definition) is 1. The fourth-order valence-corrected chi connectivity index (χ4v) is 4.20. The Kier molecular flexibility index (Phi) is 3.50. The summed E-state index contributed by atoms with van der Waals surface area (Å²) in [5.74, 6) is 3.83. The number of ether oxygens (including phenoxy) is 3. The van der Waals surface area contributed by atoms with Gasteiger partial charge in [0.2, 0.25) is 0 Å². The van der Waals surface area contributed by atoms with Crippen LogP contribution in [-0.2, 0) is 19.7 Å². The Morgan fingerprint density at radius 2 is 2.04 bits per heavy atom. The van der Waals surface area contributed by atoms with Crippen molar-refractivity contribution in [2.75, 3.05) is 7.11 Å². The summed E-state index contributed by atoms with van der Waals surface area (Å²) in [6.07, 6.45) is 11.3. The van der Waals surface area contributed by atoms with E-state index in [-0.39, 0.29) is 0 Å². The Hall–Kier alpha value is -2.46. The number of allylic oxidation sites excluding steroid dienone is 4. The molecule has 2 aliphatic carbocycles. The quantitative estimate of drug-likeness (QED) is 0.881. The van der Waals surface area contributed by atoms with Gasteiger partial charge in [-0.15, -0.1) is 0 Å². The van der Waals surface area contributed by atoms with Crippen LogP contribution >= 0.6 is 0 Å². The van der Waals surface area contributed by atoms with E-state index >= 15 is 0 Å². The van der Waals surface area contributed by atoms with Gasteiger partial charge in [-0.3, -0.25) is 0 Å². The van der Waals surface area contributed by atoms with Gasteiger partial charge < -0.3 is 19.5 Å². The molecule has 0 amide bonds. The Labute approximate surface area is 153 Å². The van der Waals surface area contributed by atoms with Crippen molar-refractivity contribution in [1.29, 1.82) is 0 Å². The van der Waals surface area contributed by atoms with E-state index in [2.05, 4.69) is 42.6 Å². The minimum atomic E-state index is -0.481. The van der Waals surface area contributed by atoms with Crippen molar-refractivity contribution in [1.82, 2.24) is 5.32 Å². The topological polar surface area (TPSA) is 39.7 Å². The van der Waals surface area contributed by atoms with E-state index < -0.39 is 5.54 Å². The number of nitrogens with one attached hydrogen (secondary N) is 1. The maximum atomic E-state index is 6.38. The molecule has 0 spiro atoms. The molecule has 2 heterocycles. The fourth-order valence-electron chi connectivity index (χ4n) is 4.20. The smallest absolute Gasteiger partial charge is 0.176 e. The average molecular weight is 349 g/mol. The molecule has 1 fully saturated rings. The van der Waals surface area contributed by atoms with Crippen LogP contribution < -0.4 is 5.32 Å². The zero-order valence-corrected chi connectivity index (χ0v) is 15.1. The van der Waals surface area contributed by atoms with Crippen molar-refractivity contribution in [2.24, 2.45) is 0 Å². The van der Waals surface area contributed by atoms with Crippen LogP contribution in [0.25, 0.3) is 0 Å². The van der Waals surface area contributed by atoms with E-state index in [1.165, 1.54) is 11.1 Å². The number of rotatable bonds is 3. The Balaban J connectivity index is 1.56. The minimum absolute atomic E-state index is 0.312.